The Labute approximate surface area is 129 Å². The van der Waals surface area contributed by atoms with Crippen LogP contribution >= 0.6 is 0 Å². The van der Waals surface area contributed by atoms with Crippen molar-refractivity contribution in [3.8, 4) is 0 Å². The summed E-state index contributed by atoms with van der Waals surface area (Å²) < 4.78 is 12.7. The molecule has 0 saturated carbocycles. The van der Waals surface area contributed by atoms with Gasteiger partial charge in [0.05, 0.1) is 15.7 Å². The summed E-state index contributed by atoms with van der Waals surface area (Å²) in [6.07, 6.45) is 1.83. The number of aliphatic imine (C=N–C) groups is 1. The summed E-state index contributed by atoms with van der Waals surface area (Å²) >= 11 is 0. The largest absolute Gasteiger partial charge is 0.292 e. The highest BCUT2D eigenvalue weighted by atomic mass is 32.2. The first-order valence-electron chi connectivity index (χ1n) is 7.15. The molecule has 1 atom stereocenters. The van der Waals surface area contributed by atoms with E-state index in [0.29, 0.717) is 5.92 Å². The molecule has 0 amide bonds. The van der Waals surface area contributed by atoms with Crippen molar-refractivity contribution < 1.29 is 4.21 Å². The van der Waals surface area contributed by atoms with Gasteiger partial charge in [-0.3, -0.25) is 4.99 Å². The van der Waals surface area contributed by atoms with Crippen LogP contribution in [0.2, 0.25) is 0 Å². The minimum Gasteiger partial charge on any atom is -0.292 e. The average molecular weight is 299 g/mol. The van der Waals surface area contributed by atoms with Gasteiger partial charge in [0.15, 0.2) is 0 Å². The lowest BCUT2D eigenvalue weighted by Crippen LogP contribution is -1.99. The Morgan fingerprint density at radius 1 is 1.10 bits per heavy atom. The van der Waals surface area contributed by atoms with Gasteiger partial charge < -0.3 is 0 Å². The van der Waals surface area contributed by atoms with Crippen LogP contribution in [0.25, 0.3) is 0 Å². The minimum atomic E-state index is -1.17. The Morgan fingerprint density at radius 2 is 1.76 bits per heavy atom. The van der Waals surface area contributed by atoms with E-state index in [2.05, 4.69) is 18.8 Å². The van der Waals surface area contributed by atoms with Crippen LogP contribution in [0.5, 0.6) is 0 Å². The highest BCUT2D eigenvalue weighted by Crippen LogP contribution is 2.19. The summed E-state index contributed by atoms with van der Waals surface area (Å²) in [5.74, 6) is 0.524. The van der Waals surface area contributed by atoms with Gasteiger partial charge in [0.25, 0.3) is 0 Å². The molecule has 3 heteroatoms. The highest BCUT2D eigenvalue weighted by molar-refractivity contribution is 7.85. The van der Waals surface area contributed by atoms with Crippen LogP contribution in [0.4, 0.5) is 0 Å². The predicted octanol–water partition coefficient (Wildman–Crippen LogP) is 4.24. The minimum absolute atomic E-state index is 0.524. The van der Waals surface area contributed by atoms with E-state index in [1.807, 2.05) is 61.7 Å². The molecule has 0 heterocycles. The third-order valence-electron chi connectivity index (χ3n) is 3.05. The van der Waals surface area contributed by atoms with Crippen molar-refractivity contribution in [2.45, 2.75) is 30.6 Å². The van der Waals surface area contributed by atoms with E-state index in [4.69, 9.17) is 0 Å². The number of hydrogen-bond donors (Lipinski definition) is 0. The average Bonchev–Trinajstić information content (AvgIpc) is 2.47. The first kappa shape index (κ1) is 15.6. The van der Waals surface area contributed by atoms with E-state index >= 15 is 0 Å². The van der Waals surface area contributed by atoms with Crippen molar-refractivity contribution in [2.75, 3.05) is 6.54 Å². The maximum atomic E-state index is 12.7. The standard InChI is InChI=1S/C18H21NOS/c1-14(2)12-19-13-16-6-4-5-7-18(16)21(20)17-10-8-15(3)9-11-17/h4-11,13-14H,12H2,1-3H3/t21-/m0/s1. The lowest BCUT2D eigenvalue weighted by molar-refractivity contribution is 0.667. The molecule has 110 valence electrons. The molecule has 2 aromatic rings. The zero-order chi connectivity index (χ0) is 15.2. The van der Waals surface area contributed by atoms with Crippen LogP contribution in [0, 0.1) is 12.8 Å². The van der Waals surface area contributed by atoms with E-state index in [1.165, 1.54) is 5.56 Å². The van der Waals surface area contributed by atoms with Crippen molar-refractivity contribution in [3.05, 3.63) is 59.7 Å². The van der Waals surface area contributed by atoms with Gasteiger partial charge in [-0.05, 0) is 31.0 Å². The maximum Gasteiger partial charge on any atom is 0.0856 e. The summed E-state index contributed by atoms with van der Waals surface area (Å²) in [4.78, 5) is 6.07. The van der Waals surface area contributed by atoms with Gasteiger partial charge in [-0.15, -0.1) is 0 Å². The zero-order valence-corrected chi connectivity index (χ0v) is 13.6. The Bertz CT molecular complexity index is 645. The van der Waals surface area contributed by atoms with Crippen molar-refractivity contribution in [1.29, 1.82) is 0 Å². The van der Waals surface area contributed by atoms with Gasteiger partial charge in [0.1, 0.15) is 0 Å². The number of hydrogen-bond acceptors (Lipinski definition) is 2. The molecule has 0 aromatic heterocycles. The smallest absolute Gasteiger partial charge is 0.0856 e. The molecule has 2 aromatic carbocycles. The molecule has 0 saturated heterocycles. The van der Waals surface area contributed by atoms with Gasteiger partial charge in [0.2, 0.25) is 0 Å². The van der Waals surface area contributed by atoms with E-state index < -0.39 is 10.8 Å². The van der Waals surface area contributed by atoms with Crippen LogP contribution in [0.15, 0.2) is 63.3 Å². The van der Waals surface area contributed by atoms with Crippen LogP contribution in [0.1, 0.15) is 25.0 Å². The van der Waals surface area contributed by atoms with E-state index in [-0.39, 0.29) is 0 Å². The molecule has 0 spiro atoms. The fourth-order valence-corrected chi connectivity index (χ4v) is 3.08. The van der Waals surface area contributed by atoms with Crippen LogP contribution in [-0.4, -0.2) is 17.0 Å². The number of aryl methyl sites for hydroxylation is 1. The maximum absolute atomic E-state index is 12.7. The number of benzene rings is 2. The first-order chi connectivity index (χ1) is 10.1. The van der Waals surface area contributed by atoms with Crippen molar-refractivity contribution in [3.63, 3.8) is 0 Å². The number of nitrogens with zero attached hydrogens (tertiary/aromatic N) is 1. The summed E-state index contributed by atoms with van der Waals surface area (Å²) in [5, 5.41) is 0. The molecular formula is C18H21NOS. The van der Waals surface area contributed by atoms with Crippen LogP contribution in [-0.2, 0) is 10.8 Å². The van der Waals surface area contributed by atoms with E-state index in [1.54, 1.807) is 0 Å². The molecule has 0 fully saturated rings. The third-order valence-corrected chi connectivity index (χ3v) is 4.53. The van der Waals surface area contributed by atoms with Crippen LogP contribution in [0.3, 0.4) is 0 Å². The summed E-state index contributed by atoms with van der Waals surface area (Å²) in [6.45, 7) is 7.08. The molecular weight excluding hydrogens is 278 g/mol. The molecule has 0 unspecified atom stereocenters. The fraction of sp³-hybridized carbons (Fsp3) is 0.278. The summed E-state index contributed by atoms with van der Waals surface area (Å²) in [6, 6.07) is 15.6. The van der Waals surface area contributed by atoms with Gasteiger partial charge in [0, 0.05) is 23.2 Å². The normalized spacial score (nSPS) is 13.0. The van der Waals surface area contributed by atoms with Gasteiger partial charge in [-0.2, -0.15) is 0 Å². The lowest BCUT2D eigenvalue weighted by Gasteiger charge is -2.06. The molecule has 0 bridgehead atoms. The van der Waals surface area contributed by atoms with Crippen LogP contribution < -0.4 is 0 Å². The molecule has 0 radical (unpaired) electrons. The highest BCUT2D eigenvalue weighted by Gasteiger charge is 2.10. The summed E-state index contributed by atoms with van der Waals surface area (Å²) in [7, 11) is -1.17. The molecule has 21 heavy (non-hydrogen) atoms. The second kappa shape index (κ2) is 7.32. The van der Waals surface area contributed by atoms with Gasteiger partial charge >= 0.3 is 0 Å². The molecule has 2 rings (SSSR count). The monoisotopic (exact) mass is 299 g/mol. The first-order valence-corrected chi connectivity index (χ1v) is 8.30. The Balaban J connectivity index is 2.29. The van der Waals surface area contributed by atoms with Gasteiger partial charge in [-0.25, -0.2) is 4.21 Å². The molecule has 0 aliphatic heterocycles. The van der Waals surface area contributed by atoms with E-state index in [0.717, 1.165) is 21.9 Å². The molecule has 0 aliphatic carbocycles. The summed E-state index contributed by atoms with van der Waals surface area (Å²) in [5.41, 5.74) is 2.10. The molecule has 0 aliphatic rings. The fourth-order valence-electron chi connectivity index (χ4n) is 1.91. The van der Waals surface area contributed by atoms with Crippen molar-refractivity contribution in [1.82, 2.24) is 0 Å². The zero-order valence-electron chi connectivity index (χ0n) is 12.7. The van der Waals surface area contributed by atoms with Crippen molar-refractivity contribution >= 4 is 17.0 Å². The topological polar surface area (TPSA) is 29.4 Å². The number of rotatable bonds is 5. The molecule has 0 N–H and O–H groups in total. The van der Waals surface area contributed by atoms with Crippen molar-refractivity contribution in [2.24, 2.45) is 10.9 Å². The second-order valence-corrected chi connectivity index (χ2v) is 6.96. The van der Waals surface area contributed by atoms with Gasteiger partial charge in [-0.1, -0.05) is 49.7 Å². The third kappa shape index (κ3) is 4.36. The Morgan fingerprint density at radius 3 is 2.43 bits per heavy atom. The molecule has 2 nitrogen and oxygen atoms in total. The quantitative estimate of drug-likeness (QED) is 0.759. The SMILES string of the molecule is Cc1ccc([S@](=O)c2ccccc2C=NCC(C)C)cc1. The Kier molecular flexibility index (Phi) is 5.45. The predicted molar refractivity (Wildman–Crippen MR) is 89.6 cm³/mol. The Hall–Kier alpha value is -1.74. The second-order valence-electron chi connectivity index (χ2n) is 5.51. The van der Waals surface area contributed by atoms with E-state index in [9.17, 15) is 4.21 Å². The lowest BCUT2D eigenvalue weighted by atomic mass is 10.2.